The summed E-state index contributed by atoms with van der Waals surface area (Å²) in [5, 5.41) is 4.60. The highest BCUT2D eigenvalue weighted by molar-refractivity contribution is 6.31. The number of fused-ring (bicyclic) bond motifs is 1. The lowest BCUT2D eigenvalue weighted by molar-refractivity contribution is -0.120. The second kappa shape index (κ2) is 6.08. The van der Waals surface area contributed by atoms with Crippen LogP contribution in [0.5, 0.6) is 0 Å². The van der Waals surface area contributed by atoms with Gasteiger partial charge in [-0.3, -0.25) is 4.79 Å². The monoisotopic (exact) mass is 279 g/mol. The summed E-state index contributed by atoms with van der Waals surface area (Å²) in [4.78, 5) is 17.0. The summed E-state index contributed by atoms with van der Waals surface area (Å²) in [5.74, 6) is 0.0303. The van der Waals surface area contributed by atoms with E-state index in [1.807, 2.05) is 43.4 Å². The Morgan fingerprint density at radius 3 is 2.95 bits per heavy atom. The highest BCUT2D eigenvalue weighted by Gasteiger charge is 2.09. The number of hydrogen-bond donors (Lipinski definition) is 2. The molecule has 0 aliphatic rings. The molecule has 0 saturated heterocycles. The number of benzene rings is 1. The van der Waals surface area contributed by atoms with Gasteiger partial charge in [0.25, 0.3) is 0 Å². The molecule has 2 aromatic rings. The molecule has 1 amide bonds. The first-order valence-electron chi connectivity index (χ1n) is 6.23. The number of rotatable bonds is 5. The molecule has 0 aliphatic carbocycles. The van der Waals surface area contributed by atoms with E-state index in [4.69, 9.17) is 11.6 Å². The molecule has 2 N–H and O–H groups in total. The Bertz CT molecular complexity index is 577. The lowest BCUT2D eigenvalue weighted by Gasteiger charge is -2.10. The van der Waals surface area contributed by atoms with Crippen LogP contribution < -0.4 is 5.32 Å². The molecule has 1 heterocycles. The number of aromatic nitrogens is 1. The number of carbonyl (C=O) groups is 1. The Labute approximate surface area is 117 Å². The summed E-state index contributed by atoms with van der Waals surface area (Å²) < 4.78 is 0. The molecule has 102 valence electrons. The van der Waals surface area contributed by atoms with Crippen molar-refractivity contribution in [1.29, 1.82) is 0 Å². The zero-order valence-electron chi connectivity index (χ0n) is 11.2. The summed E-state index contributed by atoms with van der Waals surface area (Å²) in [6.07, 6.45) is 2.24. The Balaban J connectivity index is 2.01. The Morgan fingerprint density at radius 2 is 2.21 bits per heavy atom. The number of hydrogen-bond acceptors (Lipinski definition) is 2. The maximum absolute atomic E-state index is 11.8. The minimum atomic E-state index is 0.0303. The molecule has 19 heavy (non-hydrogen) atoms. The molecule has 1 aromatic heterocycles. The minimum Gasteiger partial charge on any atom is -0.361 e. The molecule has 5 heteroatoms. The quantitative estimate of drug-likeness (QED) is 0.880. The van der Waals surface area contributed by atoms with Crippen molar-refractivity contribution in [2.75, 3.05) is 27.2 Å². The number of nitrogens with one attached hydrogen (secondary N) is 2. The van der Waals surface area contributed by atoms with Crippen molar-refractivity contribution in [2.45, 2.75) is 6.42 Å². The standard InChI is InChI=1S/C14H18ClN3O/c1-18(2)6-5-16-14(19)7-10-9-17-13-4-3-11(15)8-12(10)13/h3-4,8-9,17H,5-7H2,1-2H3,(H,16,19). The zero-order valence-corrected chi connectivity index (χ0v) is 11.9. The fraction of sp³-hybridized carbons (Fsp3) is 0.357. The number of amides is 1. The molecule has 4 nitrogen and oxygen atoms in total. The van der Waals surface area contributed by atoms with Crippen LogP contribution in [-0.4, -0.2) is 43.0 Å². The van der Waals surface area contributed by atoms with Crippen LogP contribution in [0.3, 0.4) is 0 Å². The molecule has 2 rings (SSSR count). The summed E-state index contributed by atoms with van der Waals surface area (Å²) >= 11 is 5.98. The fourth-order valence-corrected chi connectivity index (χ4v) is 2.12. The molecule has 0 spiro atoms. The molecule has 0 radical (unpaired) electrons. The average molecular weight is 280 g/mol. The lowest BCUT2D eigenvalue weighted by Crippen LogP contribution is -2.32. The summed E-state index contributed by atoms with van der Waals surface area (Å²) in [6, 6.07) is 5.64. The first-order valence-corrected chi connectivity index (χ1v) is 6.61. The van der Waals surface area contributed by atoms with E-state index >= 15 is 0 Å². The normalized spacial score (nSPS) is 11.2. The molecule has 0 atom stereocenters. The number of H-pyrrole nitrogens is 1. The topological polar surface area (TPSA) is 48.1 Å². The van der Waals surface area contributed by atoms with Crippen LogP contribution in [-0.2, 0) is 11.2 Å². The van der Waals surface area contributed by atoms with Gasteiger partial charge in [0.2, 0.25) is 5.91 Å². The number of likely N-dealkylation sites (N-methyl/N-ethyl adjacent to an activating group) is 1. The average Bonchev–Trinajstić information content (AvgIpc) is 2.71. The van der Waals surface area contributed by atoms with Crippen LogP contribution in [0.15, 0.2) is 24.4 Å². The third-order valence-corrected chi connectivity index (χ3v) is 3.20. The van der Waals surface area contributed by atoms with Crippen molar-refractivity contribution in [3.63, 3.8) is 0 Å². The van der Waals surface area contributed by atoms with Crippen LogP contribution in [0.4, 0.5) is 0 Å². The molecule has 0 saturated carbocycles. The lowest BCUT2D eigenvalue weighted by atomic mass is 10.1. The second-order valence-electron chi connectivity index (χ2n) is 4.83. The Kier molecular flexibility index (Phi) is 4.45. The maximum atomic E-state index is 11.8. The molecule has 0 bridgehead atoms. The van der Waals surface area contributed by atoms with Gasteiger partial charge in [-0.2, -0.15) is 0 Å². The van der Waals surface area contributed by atoms with Gasteiger partial charge in [-0.05, 0) is 37.9 Å². The van der Waals surface area contributed by atoms with E-state index in [0.29, 0.717) is 18.0 Å². The zero-order chi connectivity index (χ0) is 13.8. The van der Waals surface area contributed by atoms with Crippen LogP contribution in [0.25, 0.3) is 10.9 Å². The van der Waals surface area contributed by atoms with Crippen molar-refractivity contribution in [3.05, 3.63) is 35.0 Å². The van der Waals surface area contributed by atoms with Gasteiger partial charge < -0.3 is 15.2 Å². The summed E-state index contributed by atoms with van der Waals surface area (Å²) in [5.41, 5.74) is 1.97. The van der Waals surface area contributed by atoms with Crippen molar-refractivity contribution >= 4 is 28.4 Å². The van der Waals surface area contributed by atoms with Crippen LogP contribution in [0, 0.1) is 0 Å². The van der Waals surface area contributed by atoms with Gasteiger partial charge in [0.1, 0.15) is 0 Å². The van der Waals surface area contributed by atoms with Gasteiger partial charge in [0.15, 0.2) is 0 Å². The third-order valence-electron chi connectivity index (χ3n) is 2.96. The molecule has 0 aliphatic heterocycles. The number of nitrogens with zero attached hydrogens (tertiary/aromatic N) is 1. The highest BCUT2D eigenvalue weighted by Crippen LogP contribution is 2.22. The van der Waals surface area contributed by atoms with Gasteiger partial charge in [0.05, 0.1) is 6.42 Å². The van der Waals surface area contributed by atoms with E-state index in [1.165, 1.54) is 0 Å². The Morgan fingerprint density at radius 1 is 1.42 bits per heavy atom. The van der Waals surface area contributed by atoms with E-state index < -0.39 is 0 Å². The number of carbonyl (C=O) groups excluding carboxylic acids is 1. The largest absolute Gasteiger partial charge is 0.361 e. The van der Waals surface area contributed by atoms with Crippen molar-refractivity contribution < 1.29 is 4.79 Å². The highest BCUT2D eigenvalue weighted by atomic mass is 35.5. The molecule has 0 unspecified atom stereocenters. The smallest absolute Gasteiger partial charge is 0.224 e. The first kappa shape index (κ1) is 13.9. The van der Waals surface area contributed by atoms with Crippen molar-refractivity contribution in [2.24, 2.45) is 0 Å². The van der Waals surface area contributed by atoms with Gasteiger partial charge in [0, 0.05) is 35.2 Å². The molecular formula is C14H18ClN3O. The third kappa shape index (κ3) is 3.72. The van der Waals surface area contributed by atoms with E-state index in [2.05, 4.69) is 10.3 Å². The number of aromatic amines is 1. The molecule has 1 aromatic carbocycles. The van der Waals surface area contributed by atoms with E-state index in [-0.39, 0.29) is 5.91 Å². The minimum absolute atomic E-state index is 0.0303. The predicted molar refractivity (Wildman–Crippen MR) is 78.6 cm³/mol. The number of halogens is 1. The van der Waals surface area contributed by atoms with Gasteiger partial charge in [-0.1, -0.05) is 11.6 Å². The summed E-state index contributed by atoms with van der Waals surface area (Å²) in [6.45, 7) is 1.50. The van der Waals surface area contributed by atoms with Crippen LogP contribution >= 0.6 is 11.6 Å². The molecular weight excluding hydrogens is 262 g/mol. The van der Waals surface area contributed by atoms with E-state index in [9.17, 15) is 4.79 Å². The summed E-state index contributed by atoms with van der Waals surface area (Å²) in [7, 11) is 3.96. The predicted octanol–water partition coefficient (Wildman–Crippen LogP) is 2.04. The van der Waals surface area contributed by atoms with Gasteiger partial charge >= 0.3 is 0 Å². The Hall–Kier alpha value is -1.52. The molecule has 0 fully saturated rings. The van der Waals surface area contributed by atoms with Crippen LogP contribution in [0.1, 0.15) is 5.56 Å². The fourth-order valence-electron chi connectivity index (χ4n) is 1.95. The first-order chi connectivity index (χ1) is 9.06. The van der Waals surface area contributed by atoms with Crippen molar-refractivity contribution in [1.82, 2.24) is 15.2 Å². The second-order valence-corrected chi connectivity index (χ2v) is 5.27. The van der Waals surface area contributed by atoms with E-state index in [0.717, 1.165) is 23.0 Å². The van der Waals surface area contributed by atoms with Crippen molar-refractivity contribution in [3.8, 4) is 0 Å². The maximum Gasteiger partial charge on any atom is 0.224 e. The van der Waals surface area contributed by atoms with Gasteiger partial charge in [-0.15, -0.1) is 0 Å². The van der Waals surface area contributed by atoms with Crippen LogP contribution in [0.2, 0.25) is 5.02 Å². The van der Waals surface area contributed by atoms with E-state index in [1.54, 1.807) is 0 Å². The van der Waals surface area contributed by atoms with Gasteiger partial charge in [-0.25, -0.2) is 0 Å². The SMILES string of the molecule is CN(C)CCNC(=O)Cc1c[nH]c2ccc(Cl)cc12.